The second-order valence-electron chi connectivity index (χ2n) is 5.18. The van der Waals surface area contributed by atoms with Crippen LogP contribution in [-0.4, -0.2) is 0 Å². The zero-order chi connectivity index (χ0) is 13.3. The van der Waals surface area contributed by atoms with Gasteiger partial charge in [0.25, 0.3) is 0 Å². The topological polar surface area (TPSA) is 26.0 Å². The molecule has 0 heterocycles. The van der Waals surface area contributed by atoms with Gasteiger partial charge in [0.1, 0.15) is 0 Å². The maximum absolute atomic E-state index is 5.88. The Morgan fingerprint density at radius 3 is 1.83 bits per heavy atom. The number of benzene rings is 2. The van der Waals surface area contributed by atoms with Gasteiger partial charge in [0.05, 0.1) is 0 Å². The first-order valence-electron chi connectivity index (χ1n) is 6.43. The number of nitrogens with two attached hydrogens (primary N) is 1. The van der Waals surface area contributed by atoms with Crippen molar-refractivity contribution in [2.45, 2.75) is 33.7 Å². The zero-order valence-electron chi connectivity index (χ0n) is 11.6. The van der Waals surface area contributed by atoms with Crippen LogP contribution in [0.2, 0.25) is 0 Å². The molecule has 2 aromatic carbocycles. The van der Waals surface area contributed by atoms with E-state index in [1.165, 1.54) is 33.4 Å². The molecule has 0 aliphatic carbocycles. The number of hydrogen-bond donors (Lipinski definition) is 1. The molecule has 0 spiro atoms. The maximum Gasteiger partial charge on any atom is 0.0266 e. The van der Waals surface area contributed by atoms with Crippen LogP contribution in [0.25, 0.3) is 11.1 Å². The van der Waals surface area contributed by atoms with Gasteiger partial charge in [0, 0.05) is 6.04 Å². The molecule has 0 saturated carbocycles. The summed E-state index contributed by atoms with van der Waals surface area (Å²) >= 11 is 0. The van der Waals surface area contributed by atoms with Crippen LogP contribution in [0, 0.1) is 20.8 Å². The summed E-state index contributed by atoms with van der Waals surface area (Å²) < 4.78 is 0. The Labute approximate surface area is 110 Å². The molecule has 0 aromatic heterocycles. The molecule has 2 aromatic rings. The Hall–Kier alpha value is -1.60. The van der Waals surface area contributed by atoms with Gasteiger partial charge < -0.3 is 5.73 Å². The van der Waals surface area contributed by atoms with Crippen molar-refractivity contribution in [1.82, 2.24) is 0 Å². The second-order valence-corrected chi connectivity index (χ2v) is 5.18. The van der Waals surface area contributed by atoms with Crippen molar-refractivity contribution in [3.8, 4) is 11.1 Å². The van der Waals surface area contributed by atoms with E-state index >= 15 is 0 Å². The molecule has 18 heavy (non-hydrogen) atoms. The summed E-state index contributed by atoms with van der Waals surface area (Å²) in [6.07, 6.45) is 0. The highest BCUT2D eigenvalue weighted by atomic mass is 14.6. The van der Waals surface area contributed by atoms with Crippen LogP contribution in [0.1, 0.15) is 35.2 Å². The summed E-state index contributed by atoms with van der Waals surface area (Å²) in [6.45, 7) is 8.50. The average Bonchev–Trinajstić information content (AvgIpc) is 2.28. The van der Waals surface area contributed by atoms with Crippen molar-refractivity contribution in [3.63, 3.8) is 0 Å². The number of aryl methyl sites for hydroxylation is 3. The largest absolute Gasteiger partial charge is 0.324 e. The van der Waals surface area contributed by atoms with Crippen LogP contribution in [0.3, 0.4) is 0 Å². The predicted molar refractivity (Wildman–Crippen MR) is 78.7 cm³/mol. The third-order valence-corrected chi connectivity index (χ3v) is 3.40. The summed E-state index contributed by atoms with van der Waals surface area (Å²) in [4.78, 5) is 0. The molecule has 1 atom stereocenters. The second kappa shape index (κ2) is 4.95. The van der Waals surface area contributed by atoms with Gasteiger partial charge >= 0.3 is 0 Å². The summed E-state index contributed by atoms with van der Waals surface area (Å²) in [5, 5.41) is 0. The summed E-state index contributed by atoms with van der Waals surface area (Å²) in [5.41, 5.74) is 13.7. The fourth-order valence-electron chi connectivity index (χ4n) is 2.59. The van der Waals surface area contributed by atoms with E-state index in [2.05, 4.69) is 57.2 Å². The van der Waals surface area contributed by atoms with Crippen LogP contribution in [-0.2, 0) is 0 Å². The van der Waals surface area contributed by atoms with Crippen LogP contribution < -0.4 is 5.73 Å². The molecule has 0 fully saturated rings. The molecule has 0 bridgehead atoms. The summed E-state index contributed by atoms with van der Waals surface area (Å²) in [6, 6.07) is 13.2. The van der Waals surface area contributed by atoms with Crippen LogP contribution in [0.5, 0.6) is 0 Å². The lowest BCUT2D eigenvalue weighted by atomic mass is 9.93. The fourth-order valence-corrected chi connectivity index (χ4v) is 2.59. The van der Waals surface area contributed by atoms with Crippen molar-refractivity contribution in [2.75, 3.05) is 0 Å². The van der Waals surface area contributed by atoms with Gasteiger partial charge in [-0.05, 0) is 55.5 Å². The van der Waals surface area contributed by atoms with Gasteiger partial charge in [-0.1, -0.05) is 42.0 Å². The zero-order valence-corrected chi connectivity index (χ0v) is 11.6. The van der Waals surface area contributed by atoms with E-state index in [1.807, 2.05) is 6.92 Å². The van der Waals surface area contributed by atoms with Crippen LogP contribution in [0.4, 0.5) is 0 Å². The van der Waals surface area contributed by atoms with Crippen LogP contribution >= 0.6 is 0 Å². The predicted octanol–water partition coefficient (Wildman–Crippen LogP) is 4.30. The van der Waals surface area contributed by atoms with Gasteiger partial charge in [-0.15, -0.1) is 0 Å². The highest BCUT2D eigenvalue weighted by Crippen LogP contribution is 2.29. The van der Waals surface area contributed by atoms with Gasteiger partial charge in [-0.2, -0.15) is 0 Å². The Morgan fingerprint density at radius 2 is 1.39 bits per heavy atom. The van der Waals surface area contributed by atoms with Gasteiger partial charge in [0.15, 0.2) is 0 Å². The molecular formula is C17H21N. The standard InChI is InChI=1S/C17H21N/c1-11-9-12(2)17(13(3)10-11)16-7-5-15(6-8-16)14(4)18/h5-10,14H,18H2,1-4H3. The van der Waals surface area contributed by atoms with E-state index in [9.17, 15) is 0 Å². The van der Waals surface area contributed by atoms with Crippen molar-refractivity contribution in [2.24, 2.45) is 5.73 Å². The van der Waals surface area contributed by atoms with E-state index in [0.717, 1.165) is 0 Å². The number of rotatable bonds is 2. The molecule has 1 unspecified atom stereocenters. The number of hydrogen-bond acceptors (Lipinski definition) is 1. The van der Waals surface area contributed by atoms with Crippen LogP contribution in [0.15, 0.2) is 36.4 Å². The minimum Gasteiger partial charge on any atom is -0.324 e. The Kier molecular flexibility index (Phi) is 3.53. The molecule has 1 nitrogen and oxygen atoms in total. The highest BCUT2D eigenvalue weighted by Gasteiger charge is 2.07. The molecule has 0 aliphatic rings. The minimum atomic E-state index is 0.0965. The molecule has 94 valence electrons. The highest BCUT2D eigenvalue weighted by molar-refractivity contribution is 5.71. The Balaban J connectivity index is 2.49. The van der Waals surface area contributed by atoms with Crippen molar-refractivity contribution < 1.29 is 0 Å². The minimum absolute atomic E-state index is 0.0965. The molecule has 1 heteroatoms. The molecule has 0 saturated heterocycles. The molecule has 0 amide bonds. The molecule has 2 rings (SSSR count). The van der Waals surface area contributed by atoms with E-state index in [1.54, 1.807) is 0 Å². The normalized spacial score (nSPS) is 12.5. The van der Waals surface area contributed by atoms with E-state index in [-0.39, 0.29) is 6.04 Å². The Morgan fingerprint density at radius 1 is 0.889 bits per heavy atom. The first-order chi connectivity index (χ1) is 8.49. The van der Waals surface area contributed by atoms with Crippen molar-refractivity contribution in [3.05, 3.63) is 58.7 Å². The summed E-state index contributed by atoms with van der Waals surface area (Å²) in [5.74, 6) is 0. The molecular weight excluding hydrogens is 218 g/mol. The van der Waals surface area contributed by atoms with Gasteiger partial charge in [-0.25, -0.2) is 0 Å². The first-order valence-corrected chi connectivity index (χ1v) is 6.43. The average molecular weight is 239 g/mol. The molecule has 0 aliphatic heterocycles. The van der Waals surface area contributed by atoms with Gasteiger partial charge in [0.2, 0.25) is 0 Å². The Bertz CT molecular complexity index is 527. The van der Waals surface area contributed by atoms with E-state index in [4.69, 9.17) is 5.73 Å². The monoisotopic (exact) mass is 239 g/mol. The quantitative estimate of drug-likeness (QED) is 0.830. The lowest BCUT2D eigenvalue weighted by Gasteiger charge is -2.13. The van der Waals surface area contributed by atoms with E-state index in [0.29, 0.717) is 0 Å². The SMILES string of the molecule is Cc1cc(C)c(-c2ccc(C(C)N)cc2)c(C)c1. The summed E-state index contributed by atoms with van der Waals surface area (Å²) in [7, 11) is 0. The van der Waals surface area contributed by atoms with Crippen molar-refractivity contribution >= 4 is 0 Å². The third-order valence-electron chi connectivity index (χ3n) is 3.40. The first kappa shape index (κ1) is 12.8. The third kappa shape index (κ3) is 2.46. The maximum atomic E-state index is 5.88. The molecule has 0 radical (unpaired) electrons. The molecule has 2 N–H and O–H groups in total. The van der Waals surface area contributed by atoms with Gasteiger partial charge in [-0.3, -0.25) is 0 Å². The fraction of sp³-hybridized carbons (Fsp3) is 0.294. The smallest absolute Gasteiger partial charge is 0.0266 e. The lowest BCUT2D eigenvalue weighted by molar-refractivity contribution is 0.818. The lowest BCUT2D eigenvalue weighted by Crippen LogP contribution is -2.04. The van der Waals surface area contributed by atoms with Crippen molar-refractivity contribution in [1.29, 1.82) is 0 Å². The van der Waals surface area contributed by atoms with E-state index < -0.39 is 0 Å².